The van der Waals surface area contributed by atoms with Crippen molar-refractivity contribution in [3.8, 4) is 11.3 Å². The summed E-state index contributed by atoms with van der Waals surface area (Å²) in [6.07, 6.45) is 8.91. The van der Waals surface area contributed by atoms with Crippen molar-refractivity contribution in [2.45, 2.75) is 37.8 Å². The smallest absolute Gasteiger partial charge is 0.251 e. The van der Waals surface area contributed by atoms with Crippen LogP contribution in [0.15, 0.2) is 61.1 Å². The van der Waals surface area contributed by atoms with Gasteiger partial charge in [0.25, 0.3) is 5.91 Å². The maximum atomic E-state index is 12.6. The van der Waals surface area contributed by atoms with Crippen LogP contribution < -0.4 is 16.4 Å². The normalized spacial score (nSPS) is 18.2. The molecule has 0 unspecified atom stereocenters. The van der Waals surface area contributed by atoms with Gasteiger partial charge < -0.3 is 16.4 Å². The molecule has 1 aliphatic carbocycles. The Morgan fingerprint density at radius 2 is 1.91 bits per heavy atom. The molecule has 167 valence electrons. The number of amides is 1. The van der Waals surface area contributed by atoms with Gasteiger partial charge in [0.2, 0.25) is 5.95 Å². The van der Waals surface area contributed by atoms with E-state index in [-0.39, 0.29) is 18.0 Å². The van der Waals surface area contributed by atoms with Crippen LogP contribution in [0.1, 0.15) is 36.0 Å². The average molecular weight is 461 g/mol. The predicted molar refractivity (Wildman–Crippen MR) is 128 cm³/mol. The number of rotatable bonds is 5. The first-order valence-corrected chi connectivity index (χ1v) is 11.3. The molecule has 1 radical (unpaired) electrons. The third-order valence-corrected chi connectivity index (χ3v) is 6.19. The highest BCUT2D eigenvalue weighted by Gasteiger charge is 2.24. The molecule has 1 amide bonds. The van der Waals surface area contributed by atoms with E-state index in [1.165, 1.54) is 0 Å². The lowest BCUT2D eigenvalue weighted by Gasteiger charge is -2.30. The van der Waals surface area contributed by atoms with Crippen molar-refractivity contribution in [3.05, 3.63) is 71.6 Å². The Morgan fingerprint density at radius 1 is 1.09 bits per heavy atom. The molecule has 3 aromatic heterocycles. The topological polar surface area (TPSA) is 108 Å². The first-order valence-electron chi connectivity index (χ1n) is 10.9. The van der Waals surface area contributed by atoms with Crippen LogP contribution in [-0.4, -0.2) is 37.6 Å². The molecule has 2 atom stereocenters. The van der Waals surface area contributed by atoms with Crippen molar-refractivity contribution in [2.24, 2.45) is 0 Å². The van der Waals surface area contributed by atoms with Crippen molar-refractivity contribution in [1.29, 1.82) is 0 Å². The highest BCUT2D eigenvalue weighted by molar-refractivity contribution is 6.33. The van der Waals surface area contributed by atoms with Crippen LogP contribution in [0, 0.1) is 0 Å². The van der Waals surface area contributed by atoms with Crippen molar-refractivity contribution < 1.29 is 4.79 Å². The predicted octanol–water partition coefficient (Wildman–Crippen LogP) is 4.51. The zero-order valence-electron chi connectivity index (χ0n) is 17.8. The molecule has 33 heavy (non-hydrogen) atoms. The van der Waals surface area contributed by atoms with Crippen LogP contribution in [-0.2, 0) is 0 Å². The van der Waals surface area contributed by atoms with E-state index < -0.39 is 0 Å². The molecule has 9 heteroatoms. The summed E-state index contributed by atoms with van der Waals surface area (Å²) in [6.45, 7) is 0. The van der Waals surface area contributed by atoms with Crippen LogP contribution in [0.25, 0.3) is 16.8 Å². The Bertz CT molecular complexity index is 1290. The largest absolute Gasteiger partial charge is 0.351 e. The number of carbonyl (C=O) groups is 1. The van der Waals surface area contributed by atoms with Gasteiger partial charge in [-0.3, -0.25) is 4.79 Å². The summed E-state index contributed by atoms with van der Waals surface area (Å²) in [5.41, 5.74) is 10.9. The maximum Gasteiger partial charge on any atom is 0.251 e. The second-order valence-corrected chi connectivity index (χ2v) is 8.64. The van der Waals surface area contributed by atoms with Gasteiger partial charge in [0, 0.05) is 29.4 Å². The van der Waals surface area contributed by atoms with Gasteiger partial charge in [-0.2, -0.15) is 5.10 Å². The van der Waals surface area contributed by atoms with Crippen molar-refractivity contribution >= 4 is 34.7 Å². The third kappa shape index (κ3) is 4.61. The van der Waals surface area contributed by atoms with E-state index in [2.05, 4.69) is 25.7 Å². The lowest BCUT2D eigenvalue weighted by molar-refractivity contribution is 0.0926. The zero-order chi connectivity index (χ0) is 22.8. The Hall–Kier alpha value is -3.65. The van der Waals surface area contributed by atoms with Gasteiger partial charge in [-0.15, -0.1) is 0 Å². The molecule has 1 aliphatic rings. The SMILES string of the molecule is [NH]c1ccc(C(=O)N[C@H]2CCC[C@@H](Nc3ncc(Cl)c(-c4cnn5ccccc45)n3)C2)cc1. The Morgan fingerprint density at radius 3 is 2.76 bits per heavy atom. The van der Waals surface area contributed by atoms with Crippen molar-refractivity contribution in [2.75, 3.05) is 5.32 Å². The number of benzene rings is 1. The van der Waals surface area contributed by atoms with Gasteiger partial charge in [-0.1, -0.05) is 17.7 Å². The van der Waals surface area contributed by atoms with E-state index in [4.69, 9.17) is 17.3 Å². The number of aromatic nitrogens is 4. The minimum Gasteiger partial charge on any atom is -0.351 e. The fourth-order valence-corrected chi connectivity index (χ4v) is 4.46. The number of nitrogens with zero attached hydrogens (tertiary/aromatic N) is 4. The highest BCUT2D eigenvalue weighted by atomic mass is 35.5. The van der Waals surface area contributed by atoms with Crippen LogP contribution in [0.3, 0.4) is 0 Å². The third-order valence-electron chi connectivity index (χ3n) is 5.92. The molecule has 0 spiro atoms. The van der Waals surface area contributed by atoms with E-state index in [1.807, 2.05) is 24.4 Å². The van der Waals surface area contributed by atoms with Gasteiger partial charge in [0.05, 0.1) is 34.3 Å². The van der Waals surface area contributed by atoms with Crippen molar-refractivity contribution in [1.82, 2.24) is 30.6 Å². The molecule has 1 fully saturated rings. The fraction of sp³-hybridized carbons (Fsp3) is 0.250. The van der Waals surface area contributed by atoms with Gasteiger partial charge in [-0.05, 0) is 62.1 Å². The molecule has 8 nitrogen and oxygen atoms in total. The minimum atomic E-state index is -0.112. The van der Waals surface area contributed by atoms with E-state index >= 15 is 0 Å². The molecular weight excluding hydrogens is 438 g/mol. The maximum absolute atomic E-state index is 12.6. The number of anilines is 1. The molecule has 5 rings (SSSR count). The minimum absolute atomic E-state index is 0.0609. The first kappa shape index (κ1) is 21.2. The summed E-state index contributed by atoms with van der Waals surface area (Å²) in [4.78, 5) is 21.6. The molecular formula is C24H23ClN7O. The van der Waals surface area contributed by atoms with Crippen LogP contribution in [0.4, 0.5) is 11.6 Å². The van der Waals surface area contributed by atoms with Crippen LogP contribution in [0.2, 0.25) is 5.02 Å². The second-order valence-electron chi connectivity index (χ2n) is 8.23. The van der Waals surface area contributed by atoms with Gasteiger partial charge in [0.15, 0.2) is 0 Å². The molecule has 0 saturated heterocycles. The standard InChI is InChI=1S/C24H23ClN7O/c25-20-14-27-24(31-22(20)19-13-28-32-11-2-1-6-21(19)32)30-18-5-3-4-17(12-18)29-23(33)15-7-9-16(26)10-8-15/h1-2,6-11,13-14,17-18,26H,3-5,12H2,(H,29,33)(H,27,30,31)/t17-,18+/m0/s1. The first-order chi connectivity index (χ1) is 16.1. The molecule has 4 aromatic rings. The van der Waals surface area contributed by atoms with E-state index in [9.17, 15) is 4.79 Å². The number of hydrogen-bond acceptors (Lipinski definition) is 5. The zero-order valence-corrected chi connectivity index (χ0v) is 18.6. The summed E-state index contributed by atoms with van der Waals surface area (Å²) in [5.74, 6) is 0.395. The number of pyridine rings is 1. The summed E-state index contributed by atoms with van der Waals surface area (Å²) in [7, 11) is 0. The van der Waals surface area contributed by atoms with E-state index in [1.54, 1.807) is 41.2 Å². The lowest BCUT2D eigenvalue weighted by Crippen LogP contribution is -2.42. The summed E-state index contributed by atoms with van der Waals surface area (Å²) in [5, 5.41) is 11.4. The highest BCUT2D eigenvalue weighted by Crippen LogP contribution is 2.30. The number of carbonyl (C=O) groups excluding carboxylic acids is 1. The molecule has 0 bridgehead atoms. The summed E-state index contributed by atoms with van der Waals surface area (Å²) in [6, 6.07) is 12.6. The van der Waals surface area contributed by atoms with E-state index in [0.29, 0.717) is 27.9 Å². The summed E-state index contributed by atoms with van der Waals surface area (Å²) < 4.78 is 1.78. The van der Waals surface area contributed by atoms with Crippen LogP contribution in [0.5, 0.6) is 0 Å². The average Bonchev–Trinajstić information content (AvgIpc) is 3.25. The number of halogens is 1. The van der Waals surface area contributed by atoms with Crippen LogP contribution >= 0.6 is 11.6 Å². The molecule has 0 aliphatic heterocycles. The van der Waals surface area contributed by atoms with Gasteiger partial charge in [0.1, 0.15) is 0 Å². The Kier molecular flexibility index (Phi) is 5.83. The number of fused-ring (bicyclic) bond motifs is 1. The Labute approximate surface area is 196 Å². The second kappa shape index (κ2) is 9.07. The molecule has 3 N–H and O–H groups in total. The van der Waals surface area contributed by atoms with Gasteiger partial charge >= 0.3 is 0 Å². The fourth-order valence-electron chi connectivity index (χ4n) is 4.27. The Balaban J connectivity index is 1.29. The lowest BCUT2D eigenvalue weighted by atomic mass is 9.91. The summed E-state index contributed by atoms with van der Waals surface area (Å²) >= 11 is 6.43. The quantitative estimate of drug-likeness (QED) is 0.455. The molecule has 1 aromatic carbocycles. The van der Waals surface area contributed by atoms with Gasteiger partial charge in [-0.25, -0.2) is 14.5 Å². The van der Waals surface area contributed by atoms with Crippen molar-refractivity contribution in [3.63, 3.8) is 0 Å². The molecule has 3 heterocycles. The van der Waals surface area contributed by atoms with E-state index in [0.717, 1.165) is 36.8 Å². The monoisotopic (exact) mass is 460 g/mol. The number of hydrogen-bond donors (Lipinski definition) is 2. The molecule has 1 saturated carbocycles. The number of nitrogens with one attached hydrogen (secondary N) is 3.